The van der Waals surface area contributed by atoms with Gasteiger partial charge in [-0.3, -0.25) is 0 Å². The van der Waals surface area contributed by atoms with Gasteiger partial charge in [-0.25, -0.2) is 0 Å². The van der Waals surface area contributed by atoms with Gasteiger partial charge in [-0.05, 0) is 65.3 Å². The minimum atomic E-state index is -0.0272. The lowest BCUT2D eigenvalue weighted by molar-refractivity contribution is 0.359. The van der Waals surface area contributed by atoms with Crippen molar-refractivity contribution in [1.82, 2.24) is 0 Å². The summed E-state index contributed by atoms with van der Waals surface area (Å²) in [5.41, 5.74) is 14.9. The maximum atomic E-state index is 6.62. The smallest absolute Gasteiger partial charge is 0.177 e. The molecule has 1 heterocycles. The highest BCUT2D eigenvalue weighted by Crippen LogP contribution is 2.59. The third kappa shape index (κ3) is 2.99. The van der Waals surface area contributed by atoms with Crippen molar-refractivity contribution in [2.75, 3.05) is 0 Å². The van der Waals surface area contributed by atoms with Crippen LogP contribution < -0.4 is 15.2 Å². The maximum absolute atomic E-state index is 6.62. The molecule has 3 heteroatoms. The summed E-state index contributed by atoms with van der Waals surface area (Å²) >= 11 is 0. The molecule has 2 N–H and O–H groups in total. The molecule has 1 aliphatic heterocycles. The van der Waals surface area contributed by atoms with Crippen molar-refractivity contribution >= 4 is 5.57 Å². The number of fused-ring (bicyclic) bond motifs is 5. The second-order valence-electron chi connectivity index (χ2n) is 9.75. The first-order valence-electron chi connectivity index (χ1n) is 11.9. The average Bonchev–Trinajstić information content (AvgIpc) is 3.09. The predicted octanol–water partition coefficient (Wildman–Crippen LogP) is 8.06. The summed E-state index contributed by atoms with van der Waals surface area (Å²) in [6.07, 6.45) is 7.60. The zero-order valence-corrected chi connectivity index (χ0v) is 19.4. The number of nitrogens with two attached hydrogens (primary N) is 1. The van der Waals surface area contributed by atoms with Gasteiger partial charge in [0.15, 0.2) is 23.0 Å². The molecule has 3 aliphatic rings. The third-order valence-electron chi connectivity index (χ3n) is 7.41. The quantitative estimate of drug-likeness (QED) is 0.354. The third-order valence-corrected chi connectivity index (χ3v) is 7.41. The van der Waals surface area contributed by atoms with Crippen LogP contribution in [0, 0.1) is 0 Å². The zero-order valence-electron chi connectivity index (χ0n) is 19.4. The maximum Gasteiger partial charge on any atom is 0.177 e. The van der Waals surface area contributed by atoms with Crippen LogP contribution in [-0.4, -0.2) is 0 Å². The zero-order chi connectivity index (χ0) is 22.7. The standard InChI is InChI=1S/C30H29NO2/c1-4-24(31)19-10-7-9-18(17-19)20-12-8-14-25-28(20)32-26-16-15-23-27(29(26)33-25)21-11-5-6-13-22(21)30(23,2)3/h6-10,12-17,24H,4-5,11,31H2,1-3H3. The van der Waals surface area contributed by atoms with E-state index in [0.29, 0.717) is 0 Å². The molecule has 2 aliphatic carbocycles. The fraction of sp³-hybridized carbons (Fsp3) is 0.267. The minimum absolute atomic E-state index is 0.0272. The number of rotatable bonds is 3. The van der Waals surface area contributed by atoms with E-state index >= 15 is 0 Å². The second-order valence-corrected chi connectivity index (χ2v) is 9.75. The van der Waals surface area contributed by atoms with Crippen LogP contribution >= 0.6 is 0 Å². The molecule has 3 aromatic carbocycles. The molecule has 0 saturated carbocycles. The first-order valence-corrected chi connectivity index (χ1v) is 11.9. The van der Waals surface area contributed by atoms with Crippen LogP contribution in [0.5, 0.6) is 23.0 Å². The molecule has 0 amide bonds. The Bertz CT molecular complexity index is 1350. The molecule has 0 bridgehead atoms. The van der Waals surface area contributed by atoms with Gasteiger partial charge in [-0.1, -0.05) is 69.3 Å². The number of ether oxygens (including phenoxy) is 2. The average molecular weight is 436 g/mol. The Hall–Kier alpha value is -3.30. The Morgan fingerprint density at radius 1 is 0.970 bits per heavy atom. The Kier molecular flexibility index (Phi) is 4.53. The summed E-state index contributed by atoms with van der Waals surface area (Å²) in [5, 5.41) is 0. The van der Waals surface area contributed by atoms with E-state index in [1.807, 2.05) is 12.1 Å². The van der Waals surface area contributed by atoms with Gasteiger partial charge in [0.2, 0.25) is 0 Å². The van der Waals surface area contributed by atoms with Crippen molar-refractivity contribution < 1.29 is 9.47 Å². The molecule has 6 rings (SSSR count). The van der Waals surface area contributed by atoms with Crippen molar-refractivity contribution in [1.29, 1.82) is 0 Å². The summed E-state index contributed by atoms with van der Waals surface area (Å²) < 4.78 is 13.2. The molecule has 0 fully saturated rings. The molecule has 0 saturated heterocycles. The van der Waals surface area contributed by atoms with E-state index in [1.165, 1.54) is 22.3 Å². The number of para-hydroxylation sites is 1. The number of hydrogen-bond acceptors (Lipinski definition) is 3. The van der Waals surface area contributed by atoms with E-state index < -0.39 is 0 Å². The van der Waals surface area contributed by atoms with E-state index in [2.05, 4.69) is 75.4 Å². The molecule has 0 radical (unpaired) electrons. The highest BCUT2D eigenvalue weighted by Gasteiger charge is 2.41. The van der Waals surface area contributed by atoms with Crippen LogP contribution in [0.1, 0.15) is 62.8 Å². The molecule has 3 nitrogen and oxygen atoms in total. The van der Waals surface area contributed by atoms with Gasteiger partial charge in [0.05, 0.1) is 0 Å². The van der Waals surface area contributed by atoms with Crippen LogP contribution in [0.4, 0.5) is 0 Å². The molecule has 3 aromatic rings. The van der Waals surface area contributed by atoms with Gasteiger partial charge >= 0.3 is 0 Å². The van der Waals surface area contributed by atoms with Gasteiger partial charge in [0.25, 0.3) is 0 Å². The summed E-state index contributed by atoms with van der Waals surface area (Å²) in [7, 11) is 0. The topological polar surface area (TPSA) is 44.5 Å². The highest BCUT2D eigenvalue weighted by molar-refractivity contribution is 5.89. The van der Waals surface area contributed by atoms with E-state index in [-0.39, 0.29) is 11.5 Å². The Balaban J connectivity index is 1.46. The molecule has 0 spiro atoms. The molecule has 33 heavy (non-hydrogen) atoms. The van der Waals surface area contributed by atoms with Gasteiger partial charge in [0.1, 0.15) is 0 Å². The SMILES string of the molecule is CCC(N)c1cccc(-c2cccc3c2Oc2ccc4c(c2O3)C2=C(C=CCC2)C4(C)C)c1. The molecule has 1 atom stereocenters. The molecule has 166 valence electrons. The van der Waals surface area contributed by atoms with Gasteiger partial charge in [-0.2, -0.15) is 0 Å². The Morgan fingerprint density at radius 2 is 1.76 bits per heavy atom. The molecular formula is C30H29NO2. The lowest BCUT2D eigenvalue weighted by atomic mass is 9.80. The van der Waals surface area contributed by atoms with Crippen LogP contribution in [0.25, 0.3) is 16.7 Å². The first kappa shape index (κ1) is 20.3. The number of hydrogen-bond donors (Lipinski definition) is 1. The van der Waals surface area contributed by atoms with Crippen molar-refractivity contribution in [3.05, 3.63) is 89.0 Å². The van der Waals surface area contributed by atoms with E-state index in [0.717, 1.165) is 59.0 Å². The fourth-order valence-corrected chi connectivity index (χ4v) is 5.54. The lowest BCUT2D eigenvalue weighted by Crippen LogP contribution is -2.16. The minimum Gasteiger partial charge on any atom is -0.449 e. The first-order chi connectivity index (χ1) is 16.0. The van der Waals surface area contributed by atoms with Crippen LogP contribution in [0.15, 0.2) is 72.3 Å². The van der Waals surface area contributed by atoms with E-state index in [1.54, 1.807) is 0 Å². The van der Waals surface area contributed by atoms with Gasteiger partial charge in [0, 0.05) is 22.6 Å². The predicted molar refractivity (Wildman–Crippen MR) is 134 cm³/mol. The summed E-state index contributed by atoms with van der Waals surface area (Å²) in [6, 6.07) is 18.9. The molecular weight excluding hydrogens is 406 g/mol. The van der Waals surface area contributed by atoms with Crippen LogP contribution in [0.3, 0.4) is 0 Å². The van der Waals surface area contributed by atoms with Gasteiger partial charge in [-0.15, -0.1) is 0 Å². The summed E-state index contributed by atoms with van der Waals surface area (Å²) in [4.78, 5) is 0. The fourth-order valence-electron chi connectivity index (χ4n) is 5.54. The largest absolute Gasteiger partial charge is 0.449 e. The van der Waals surface area contributed by atoms with Crippen molar-refractivity contribution in [3.8, 4) is 34.1 Å². The van der Waals surface area contributed by atoms with Crippen molar-refractivity contribution in [2.45, 2.75) is 51.5 Å². The monoisotopic (exact) mass is 435 g/mol. The van der Waals surface area contributed by atoms with Crippen LogP contribution in [-0.2, 0) is 5.41 Å². The number of benzene rings is 3. The normalized spacial score (nSPS) is 17.9. The summed E-state index contributed by atoms with van der Waals surface area (Å²) in [6.45, 7) is 6.72. The summed E-state index contributed by atoms with van der Waals surface area (Å²) in [5.74, 6) is 3.17. The highest BCUT2D eigenvalue weighted by atomic mass is 16.6. The molecule has 1 unspecified atom stereocenters. The van der Waals surface area contributed by atoms with Crippen molar-refractivity contribution in [3.63, 3.8) is 0 Å². The Morgan fingerprint density at radius 3 is 2.61 bits per heavy atom. The second kappa shape index (κ2) is 7.36. The number of allylic oxidation sites excluding steroid dienone is 4. The lowest BCUT2D eigenvalue weighted by Gasteiger charge is -2.27. The van der Waals surface area contributed by atoms with E-state index in [9.17, 15) is 0 Å². The Labute approximate surface area is 195 Å². The van der Waals surface area contributed by atoms with Gasteiger partial charge < -0.3 is 15.2 Å². The molecule has 0 aromatic heterocycles. The van der Waals surface area contributed by atoms with E-state index in [4.69, 9.17) is 15.2 Å². The van der Waals surface area contributed by atoms with Crippen LogP contribution in [0.2, 0.25) is 0 Å². The van der Waals surface area contributed by atoms with Crippen molar-refractivity contribution in [2.24, 2.45) is 5.73 Å².